The number of phenolic OH excluding ortho intramolecular Hbond substituents is 3. The molecule has 1 saturated carbocycles. The van der Waals surface area contributed by atoms with Crippen LogP contribution in [0.4, 0.5) is 15.8 Å². The predicted octanol–water partition coefficient (Wildman–Crippen LogP) is 6.79. The quantitative estimate of drug-likeness (QED) is 0.0225. The number of phenols is 3. The number of carboxylic acid groups (broad SMARTS) is 1. The summed E-state index contributed by atoms with van der Waals surface area (Å²) in [5.41, 5.74) is -2.00. The zero-order chi connectivity index (χ0) is 58.6. The van der Waals surface area contributed by atoms with Crippen LogP contribution in [0.3, 0.4) is 0 Å². The molecule has 4 aromatic rings. The van der Waals surface area contributed by atoms with Crippen LogP contribution in [0.1, 0.15) is 101 Å². The van der Waals surface area contributed by atoms with E-state index in [2.05, 4.69) is 10.5 Å². The Kier molecular flexibility index (Phi) is 16.5. The first-order valence-corrected chi connectivity index (χ1v) is 26.3. The molecular weight excluding hydrogens is 1040 g/mol. The number of hydrazone groups is 1. The number of allylic oxidation sites excluding steroid dienone is 2. The third-order valence-electron chi connectivity index (χ3n) is 16.0. The molecule has 0 radical (unpaired) electrons. The van der Waals surface area contributed by atoms with Gasteiger partial charge in [-0.3, -0.25) is 19.4 Å². The summed E-state index contributed by atoms with van der Waals surface area (Å²) < 4.78 is 48.0. The van der Waals surface area contributed by atoms with Crippen molar-refractivity contribution in [3.63, 3.8) is 0 Å². The van der Waals surface area contributed by atoms with E-state index in [1.165, 1.54) is 78.8 Å². The van der Waals surface area contributed by atoms with Gasteiger partial charge in [-0.25, -0.2) is 9.18 Å². The average molecular weight is 1110 g/mol. The second kappa shape index (κ2) is 22.7. The summed E-state index contributed by atoms with van der Waals surface area (Å²) in [5, 5.41) is 92.4. The first-order chi connectivity index (χ1) is 37.8. The third kappa shape index (κ3) is 10.4. The van der Waals surface area contributed by atoms with Gasteiger partial charge in [-0.15, -0.1) is 0 Å². The Morgan fingerprint density at radius 3 is 2.26 bits per heavy atom. The molecule has 4 aliphatic heterocycles. The summed E-state index contributed by atoms with van der Waals surface area (Å²) in [6, 6.07) is 0.394. The number of aromatic hydroxyl groups is 3. The molecule has 5 heterocycles. The number of fused-ring (bicyclic) bond motifs is 15. The molecule has 1 unspecified atom stereocenters. The number of amides is 1. The number of carboxylic acids is 1. The molecule has 80 heavy (non-hydrogen) atoms. The molecule has 8 N–H and O–H groups in total. The Labute approximate surface area is 460 Å². The smallest absolute Gasteiger partial charge is 0.341 e. The van der Waals surface area contributed by atoms with Gasteiger partial charge in [-0.05, 0) is 45.8 Å². The van der Waals surface area contributed by atoms with E-state index < -0.39 is 112 Å². The number of anilines is 2. The molecule has 22 nitrogen and oxygen atoms in total. The number of piperazine rings is 1. The van der Waals surface area contributed by atoms with Crippen LogP contribution in [-0.4, -0.2) is 145 Å². The zero-order valence-electron chi connectivity index (χ0n) is 46.3. The van der Waals surface area contributed by atoms with E-state index >= 15 is 4.39 Å². The van der Waals surface area contributed by atoms with E-state index in [4.69, 9.17) is 28.8 Å². The molecule has 5 aliphatic rings. The number of aliphatic hydroxyl groups is 2. The number of halogens is 1. The highest BCUT2D eigenvalue weighted by molar-refractivity contribution is 6.25. The number of hydrogen-bond donors (Lipinski definition) is 8. The Bertz CT molecular complexity index is 3370. The van der Waals surface area contributed by atoms with Crippen molar-refractivity contribution in [1.29, 1.82) is 0 Å². The number of nitrogens with zero attached hydrogens (tertiary/aromatic N) is 5. The van der Waals surface area contributed by atoms with Crippen LogP contribution in [0.2, 0.25) is 0 Å². The number of aromatic nitrogens is 1. The van der Waals surface area contributed by atoms with Gasteiger partial charge in [0.1, 0.15) is 34.6 Å². The lowest BCUT2D eigenvalue weighted by molar-refractivity contribution is -0.160. The van der Waals surface area contributed by atoms with Gasteiger partial charge in [0.25, 0.3) is 11.7 Å². The number of esters is 1. The fourth-order valence-corrected chi connectivity index (χ4v) is 11.2. The van der Waals surface area contributed by atoms with Crippen LogP contribution in [0, 0.1) is 36.4 Å². The second-order valence-corrected chi connectivity index (χ2v) is 21.4. The molecule has 5 bridgehead atoms. The summed E-state index contributed by atoms with van der Waals surface area (Å²) >= 11 is 0. The maximum absolute atomic E-state index is 16.4. The minimum atomic E-state index is -2.01. The molecule has 430 valence electrons. The lowest BCUT2D eigenvalue weighted by atomic mass is 9.78. The van der Waals surface area contributed by atoms with Crippen molar-refractivity contribution in [2.45, 2.75) is 117 Å². The van der Waals surface area contributed by atoms with Crippen molar-refractivity contribution in [1.82, 2.24) is 9.58 Å². The number of pyridine rings is 1. The number of ether oxygens (including phenoxy) is 5. The molecule has 1 saturated heterocycles. The minimum absolute atomic E-state index is 0.0165. The van der Waals surface area contributed by atoms with Crippen LogP contribution in [0.15, 0.2) is 63.5 Å². The SMILES string of the molecule is COc1c(N2CCN(/N=C/c3c4c(O)c5c(O)c(C)c6c(c5c3O)/C(=N/O)[C@@](C)(O/C=C/[C@H](OC)[C@@H](C)[C@@H](OC(C)=O)[C@H](C)[C@H](O)[C@H](C)[C@@H](O)[C@@H](C)/C=C/C=C(/C)C(=O)N4)O6)C(C)C2)c(F)cc2c(=O)c(C(=O)O)cn(C3CC3)c12. The van der Waals surface area contributed by atoms with Crippen molar-refractivity contribution >= 4 is 62.8 Å². The van der Waals surface area contributed by atoms with E-state index in [9.17, 15) is 55.0 Å². The fourth-order valence-electron chi connectivity index (χ4n) is 11.2. The molecule has 10 atom stereocenters. The Hall–Kier alpha value is -7.89. The van der Waals surface area contributed by atoms with Gasteiger partial charge in [0.05, 0.1) is 83.6 Å². The second-order valence-electron chi connectivity index (χ2n) is 21.4. The van der Waals surface area contributed by atoms with Gasteiger partial charge >= 0.3 is 11.9 Å². The first kappa shape index (κ1) is 58.3. The lowest BCUT2D eigenvalue weighted by Gasteiger charge is -2.40. The maximum Gasteiger partial charge on any atom is 0.341 e. The Morgan fingerprint density at radius 1 is 0.950 bits per heavy atom. The van der Waals surface area contributed by atoms with Crippen LogP contribution in [-0.2, 0) is 23.8 Å². The Balaban J connectivity index is 1.23. The molecule has 2 fully saturated rings. The van der Waals surface area contributed by atoms with Crippen LogP contribution < -0.4 is 25.1 Å². The van der Waals surface area contributed by atoms with Crippen molar-refractivity contribution < 1.29 is 78.3 Å². The molecule has 23 heteroatoms. The highest BCUT2D eigenvalue weighted by Crippen LogP contribution is 2.55. The predicted molar refractivity (Wildman–Crippen MR) is 294 cm³/mol. The number of hydrogen-bond acceptors (Lipinski definition) is 19. The number of aromatic carboxylic acids is 1. The minimum Gasteiger partial charge on any atom is -0.507 e. The van der Waals surface area contributed by atoms with Crippen molar-refractivity contribution in [3.8, 4) is 28.7 Å². The highest BCUT2D eigenvalue weighted by Gasteiger charge is 2.49. The van der Waals surface area contributed by atoms with Crippen molar-refractivity contribution in [3.05, 3.63) is 86.7 Å². The van der Waals surface area contributed by atoms with Gasteiger partial charge in [-0.1, -0.05) is 51.1 Å². The van der Waals surface area contributed by atoms with E-state index in [1.54, 1.807) is 55.2 Å². The highest BCUT2D eigenvalue weighted by atomic mass is 19.1. The summed E-state index contributed by atoms with van der Waals surface area (Å²) in [4.78, 5) is 53.9. The monoisotopic (exact) mass is 1110 g/mol. The van der Waals surface area contributed by atoms with Gasteiger partial charge in [0, 0.05) is 86.5 Å². The van der Waals surface area contributed by atoms with Crippen LogP contribution in [0.25, 0.3) is 21.7 Å². The summed E-state index contributed by atoms with van der Waals surface area (Å²) in [6.07, 6.45) is 7.10. The maximum atomic E-state index is 16.4. The molecule has 1 aliphatic carbocycles. The average Bonchev–Trinajstić information content (AvgIpc) is 4.34. The van der Waals surface area contributed by atoms with Crippen molar-refractivity contribution in [2.24, 2.45) is 33.9 Å². The third-order valence-corrected chi connectivity index (χ3v) is 16.0. The van der Waals surface area contributed by atoms with E-state index in [0.29, 0.717) is 0 Å². The number of carbonyl (C=O) groups excluding carboxylic acids is 2. The topological polar surface area (TPSA) is 304 Å². The molecule has 1 aromatic heterocycles. The van der Waals surface area contributed by atoms with Gasteiger partial charge in [0.2, 0.25) is 5.43 Å². The van der Waals surface area contributed by atoms with Gasteiger partial charge < -0.3 is 74.3 Å². The molecule has 3 aromatic carbocycles. The number of aliphatic hydroxyl groups excluding tert-OH is 2. The van der Waals surface area contributed by atoms with Gasteiger partial charge in [-0.2, -0.15) is 5.10 Å². The number of methoxy groups -OCH3 is 2. The summed E-state index contributed by atoms with van der Waals surface area (Å²) in [7, 11) is 2.76. The standard InChI is InChI=1S/C57H69FN6O16/c1-25-13-12-14-26(2)55(72)60-42-35(22-59-64-19-18-62(23-27(64)3)44-37(58)21-34-43(53(44)77-11)63(33-15-16-33)24-36(48(34)69)56(73)74)49(70)39-40(50(42)71)47(68)31(7)52-41(39)54(61-75)57(9,80-52)78-20-17-38(76-10)28(4)51(79-32(8)65)30(6)46(67)29(5)45(25)66/h12-14,17,20-22,24-25,27-30,33,38,45-46,51,66-68,70-71,75H,15-16,18-19,23H2,1-11H3,(H,60,72)(H,73,74)/b13-12+,20-17+,26-14-,59-22+,61-54-/t25-,27?,28+,29+,30+,38-,45-,46+,51+,57-/m0/s1. The number of nitrogens with one attached hydrogen (secondary N) is 1. The zero-order valence-corrected chi connectivity index (χ0v) is 46.3. The largest absolute Gasteiger partial charge is 0.507 e. The summed E-state index contributed by atoms with van der Waals surface area (Å²) in [6.45, 7) is 14.6. The Morgan fingerprint density at radius 2 is 1.65 bits per heavy atom. The van der Waals surface area contributed by atoms with Gasteiger partial charge in [0.15, 0.2) is 23.0 Å². The number of carbonyl (C=O) groups is 3. The van der Waals surface area contributed by atoms with Crippen LogP contribution >= 0.6 is 0 Å². The molecule has 1 amide bonds. The number of oxime groups is 1. The normalized spacial score (nSPS) is 28.9. The van der Waals surface area contributed by atoms with E-state index in [0.717, 1.165) is 18.9 Å². The van der Waals surface area contributed by atoms with E-state index in [-0.39, 0.29) is 98.2 Å². The molecular formula is C57H69FN6O16. The summed E-state index contributed by atoms with van der Waals surface area (Å²) in [5.74, 6) is -10.4. The first-order valence-electron chi connectivity index (χ1n) is 26.3. The lowest BCUT2D eigenvalue weighted by Crippen LogP contribution is -2.50. The number of benzene rings is 3. The fraction of sp³-hybridized carbons (Fsp3) is 0.474. The number of rotatable bonds is 8. The van der Waals surface area contributed by atoms with E-state index in [1.807, 2.05) is 0 Å². The van der Waals surface area contributed by atoms with Crippen LogP contribution in [0.5, 0.6) is 28.7 Å². The molecule has 0 spiro atoms. The van der Waals surface area contributed by atoms with Crippen molar-refractivity contribution in [2.75, 3.05) is 44.1 Å². The molecule has 9 rings (SSSR count).